The van der Waals surface area contributed by atoms with Crippen molar-refractivity contribution in [1.82, 2.24) is 0 Å². The molecule has 150 valence electrons. The van der Waals surface area contributed by atoms with Crippen LogP contribution in [0.25, 0.3) is 0 Å². The fourth-order valence-electron chi connectivity index (χ4n) is 3.20. The Hall–Kier alpha value is -1.87. The first-order valence-electron chi connectivity index (χ1n) is 9.94. The summed E-state index contributed by atoms with van der Waals surface area (Å²) >= 11 is 0. The van der Waals surface area contributed by atoms with E-state index in [0.29, 0.717) is 17.8 Å². The lowest BCUT2D eigenvalue weighted by atomic mass is 9.76. The lowest BCUT2D eigenvalue weighted by molar-refractivity contribution is -0.116. The van der Waals surface area contributed by atoms with Crippen LogP contribution >= 0.6 is 0 Å². The molecule has 1 atom stereocenters. The Morgan fingerprint density at radius 1 is 1.26 bits per heavy atom. The summed E-state index contributed by atoms with van der Waals surface area (Å²) in [4.78, 5) is 10.6. The van der Waals surface area contributed by atoms with Gasteiger partial charge in [-0.1, -0.05) is 50.6 Å². The van der Waals surface area contributed by atoms with E-state index in [2.05, 4.69) is 39.8 Å². The monoisotopic (exact) mass is 372 g/mol. The molecule has 0 saturated carbocycles. The maximum atomic E-state index is 10.6. The van der Waals surface area contributed by atoms with E-state index in [1.54, 1.807) is 19.1 Å². The molecule has 0 spiro atoms. The van der Waals surface area contributed by atoms with Crippen molar-refractivity contribution < 1.29 is 15.0 Å². The molecule has 0 aromatic heterocycles. The van der Waals surface area contributed by atoms with E-state index >= 15 is 0 Å². The molecule has 1 aromatic carbocycles. The Balaban J connectivity index is 0.000000277. The zero-order chi connectivity index (χ0) is 20.4. The molecule has 0 heterocycles. The van der Waals surface area contributed by atoms with Crippen LogP contribution < -0.4 is 0 Å². The highest BCUT2D eigenvalue weighted by molar-refractivity contribution is 5.75. The third-order valence-corrected chi connectivity index (χ3v) is 5.80. The Morgan fingerprint density at radius 2 is 1.89 bits per heavy atom. The number of aryl methyl sites for hydroxylation is 1. The second-order valence-electron chi connectivity index (χ2n) is 8.02. The van der Waals surface area contributed by atoms with Crippen molar-refractivity contribution in [2.45, 2.75) is 66.7 Å². The van der Waals surface area contributed by atoms with Crippen molar-refractivity contribution in [2.24, 2.45) is 11.3 Å². The zero-order valence-electron chi connectivity index (χ0n) is 17.6. The van der Waals surface area contributed by atoms with Crippen LogP contribution in [0.15, 0.2) is 47.6 Å². The van der Waals surface area contributed by atoms with Crippen LogP contribution in [0.2, 0.25) is 0 Å². The molecule has 2 rings (SSSR count). The van der Waals surface area contributed by atoms with Crippen LogP contribution in [0.4, 0.5) is 0 Å². The van der Waals surface area contributed by atoms with Crippen molar-refractivity contribution in [3.05, 3.63) is 53.1 Å². The first kappa shape index (κ1) is 23.2. The van der Waals surface area contributed by atoms with Gasteiger partial charge in [-0.2, -0.15) is 0 Å². The fourth-order valence-corrected chi connectivity index (χ4v) is 3.20. The summed E-state index contributed by atoms with van der Waals surface area (Å²) in [5.41, 5.74) is 4.12. The number of phenols is 1. The van der Waals surface area contributed by atoms with Crippen molar-refractivity contribution in [2.75, 3.05) is 6.61 Å². The summed E-state index contributed by atoms with van der Waals surface area (Å²) in [6.07, 6.45) is 9.20. The SMILES string of the molecule is CC(=O)CCc1ccc(O)cc1.CC/C(=C\CC1CC=C(C)C1(C)C)CO. The summed E-state index contributed by atoms with van der Waals surface area (Å²) in [5.74, 6) is 1.18. The normalized spacial score (nSPS) is 18.5. The molecule has 1 aliphatic carbocycles. The molecule has 3 nitrogen and oxygen atoms in total. The molecule has 0 fully saturated rings. The van der Waals surface area contributed by atoms with Gasteiger partial charge in [0.05, 0.1) is 6.61 Å². The summed E-state index contributed by atoms with van der Waals surface area (Å²) in [5, 5.41) is 18.1. The van der Waals surface area contributed by atoms with E-state index in [-0.39, 0.29) is 18.1 Å². The Morgan fingerprint density at radius 3 is 2.33 bits per heavy atom. The van der Waals surface area contributed by atoms with Gasteiger partial charge in [0.2, 0.25) is 0 Å². The number of aliphatic hydroxyl groups is 1. The Labute approximate surface area is 164 Å². The van der Waals surface area contributed by atoms with Crippen LogP contribution in [0.1, 0.15) is 65.9 Å². The van der Waals surface area contributed by atoms with Crippen LogP contribution in [0, 0.1) is 11.3 Å². The topological polar surface area (TPSA) is 57.5 Å². The lowest BCUT2D eigenvalue weighted by Gasteiger charge is -2.29. The third kappa shape index (κ3) is 7.72. The van der Waals surface area contributed by atoms with Gasteiger partial charge in [0.1, 0.15) is 11.5 Å². The minimum atomic E-state index is 0.197. The van der Waals surface area contributed by atoms with Crippen molar-refractivity contribution in [3.8, 4) is 5.75 Å². The van der Waals surface area contributed by atoms with Gasteiger partial charge in [-0.25, -0.2) is 0 Å². The van der Waals surface area contributed by atoms with Crippen LogP contribution in [-0.2, 0) is 11.2 Å². The number of allylic oxidation sites excluding steroid dienone is 3. The molecular weight excluding hydrogens is 336 g/mol. The molecule has 1 aromatic rings. The van der Waals surface area contributed by atoms with E-state index in [9.17, 15) is 4.79 Å². The number of aromatic hydroxyl groups is 1. The average molecular weight is 373 g/mol. The highest BCUT2D eigenvalue weighted by Gasteiger charge is 2.33. The van der Waals surface area contributed by atoms with Crippen LogP contribution in [0.5, 0.6) is 5.75 Å². The average Bonchev–Trinajstić information content (AvgIpc) is 2.89. The van der Waals surface area contributed by atoms with Crippen LogP contribution in [0.3, 0.4) is 0 Å². The minimum Gasteiger partial charge on any atom is -0.508 e. The van der Waals surface area contributed by atoms with Gasteiger partial charge >= 0.3 is 0 Å². The van der Waals surface area contributed by atoms with Gasteiger partial charge in [0.15, 0.2) is 0 Å². The Bertz CT molecular complexity index is 645. The number of rotatable bonds is 7. The second-order valence-corrected chi connectivity index (χ2v) is 8.02. The molecule has 3 heteroatoms. The summed E-state index contributed by atoms with van der Waals surface area (Å²) < 4.78 is 0. The largest absolute Gasteiger partial charge is 0.508 e. The van der Waals surface area contributed by atoms with E-state index < -0.39 is 0 Å². The van der Waals surface area contributed by atoms with E-state index in [1.807, 2.05) is 12.1 Å². The van der Waals surface area contributed by atoms with Crippen molar-refractivity contribution in [3.63, 3.8) is 0 Å². The number of carbonyl (C=O) groups is 1. The van der Waals surface area contributed by atoms with E-state index in [1.165, 1.54) is 17.6 Å². The number of aliphatic hydroxyl groups excluding tert-OH is 1. The Kier molecular flexibility index (Phi) is 9.51. The lowest BCUT2D eigenvalue weighted by Crippen LogP contribution is -2.19. The number of carbonyl (C=O) groups excluding carboxylic acids is 1. The van der Waals surface area contributed by atoms with Gasteiger partial charge in [-0.15, -0.1) is 0 Å². The smallest absolute Gasteiger partial charge is 0.130 e. The number of Topliss-reactive ketones (excluding diaryl/α,β-unsaturated/α-hetero) is 1. The quantitative estimate of drug-likeness (QED) is 0.612. The molecule has 27 heavy (non-hydrogen) atoms. The molecule has 0 amide bonds. The van der Waals surface area contributed by atoms with E-state index in [0.717, 1.165) is 24.8 Å². The molecular formula is C24H36O3. The second kappa shape index (κ2) is 11.1. The van der Waals surface area contributed by atoms with Crippen molar-refractivity contribution >= 4 is 5.78 Å². The molecule has 2 N–H and O–H groups in total. The number of ketones is 1. The summed E-state index contributed by atoms with van der Waals surface area (Å²) in [7, 11) is 0. The highest BCUT2D eigenvalue weighted by Crippen LogP contribution is 2.44. The molecule has 1 unspecified atom stereocenters. The molecule has 0 bridgehead atoms. The standard InChI is InChI=1S/C14H24O.C10H12O2/c1-5-12(10-15)7-9-13-8-6-11(2)14(13,3)4;1-8(11)2-3-9-4-6-10(12)7-5-9/h6-7,13,15H,5,8-10H2,1-4H3;4-7,12H,2-3H2,1H3/b12-7+;. The zero-order valence-corrected chi connectivity index (χ0v) is 17.6. The highest BCUT2D eigenvalue weighted by atomic mass is 16.3. The third-order valence-electron chi connectivity index (χ3n) is 5.80. The van der Waals surface area contributed by atoms with Gasteiger partial charge in [-0.05, 0) is 74.1 Å². The van der Waals surface area contributed by atoms with Crippen LogP contribution in [-0.4, -0.2) is 22.6 Å². The first-order chi connectivity index (χ1) is 12.7. The summed E-state index contributed by atoms with van der Waals surface area (Å²) in [6, 6.07) is 6.93. The van der Waals surface area contributed by atoms with E-state index in [4.69, 9.17) is 10.2 Å². The maximum absolute atomic E-state index is 10.6. The molecule has 0 saturated heterocycles. The predicted octanol–water partition coefficient (Wildman–Crippen LogP) is 5.61. The molecule has 1 aliphatic rings. The predicted molar refractivity (Wildman–Crippen MR) is 113 cm³/mol. The van der Waals surface area contributed by atoms with Crippen molar-refractivity contribution in [1.29, 1.82) is 0 Å². The fraction of sp³-hybridized carbons (Fsp3) is 0.542. The number of phenolic OH excluding ortho intramolecular Hbond substituents is 1. The first-order valence-corrected chi connectivity index (χ1v) is 9.94. The maximum Gasteiger partial charge on any atom is 0.130 e. The summed E-state index contributed by atoms with van der Waals surface area (Å²) in [6.45, 7) is 10.8. The van der Waals surface area contributed by atoms with Gasteiger partial charge in [0.25, 0.3) is 0 Å². The van der Waals surface area contributed by atoms with Gasteiger partial charge < -0.3 is 15.0 Å². The molecule has 0 radical (unpaired) electrons. The number of hydrogen-bond acceptors (Lipinski definition) is 3. The number of hydrogen-bond donors (Lipinski definition) is 2. The van der Waals surface area contributed by atoms with Gasteiger partial charge in [-0.3, -0.25) is 0 Å². The number of benzene rings is 1. The minimum absolute atomic E-state index is 0.197. The van der Waals surface area contributed by atoms with Gasteiger partial charge in [0, 0.05) is 6.42 Å². The molecule has 0 aliphatic heterocycles.